The molecule has 344 valence electrons. The molecule has 12 heteroatoms. The Labute approximate surface area is 378 Å². The van der Waals surface area contributed by atoms with E-state index in [-0.39, 0.29) is 23.5 Å². The first-order valence-electron chi connectivity index (χ1n) is 21.8. The molecule has 1 heterocycles. The van der Waals surface area contributed by atoms with Crippen molar-refractivity contribution < 1.29 is 23.9 Å². The van der Waals surface area contributed by atoms with Gasteiger partial charge in [-0.05, 0) is 87.4 Å². The Balaban J connectivity index is 0.000000674. The summed E-state index contributed by atoms with van der Waals surface area (Å²) in [7, 11) is 1.73. The van der Waals surface area contributed by atoms with Gasteiger partial charge in [0.2, 0.25) is 12.3 Å². The van der Waals surface area contributed by atoms with Crippen LogP contribution < -0.4 is 15.5 Å². The zero-order valence-electron chi connectivity index (χ0n) is 40.1. The molecule has 0 saturated carbocycles. The summed E-state index contributed by atoms with van der Waals surface area (Å²) >= 11 is 0. The molecule has 2 aromatic carbocycles. The van der Waals surface area contributed by atoms with Gasteiger partial charge in [0.25, 0.3) is 0 Å². The number of nitrogens with two attached hydrogens (primary N) is 1. The van der Waals surface area contributed by atoms with E-state index in [4.69, 9.17) is 10.5 Å². The van der Waals surface area contributed by atoms with Gasteiger partial charge in [-0.3, -0.25) is 24.2 Å². The molecule has 2 amide bonds. The van der Waals surface area contributed by atoms with E-state index in [1.54, 1.807) is 24.2 Å². The highest BCUT2D eigenvalue weighted by Gasteiger charge is 2.32. The Morgan fingerprint density at radius 1 is 0.952 bits per heavy atom. The first-order chi connectivity index (χ1) is 29.5. The van der Waals surface area contributed by atoms with Crippen LogP contribution in [0.5, 0.6) is 0 Å². The number of likely N-dealkylation sites (N-methyl/N-ethyl adjacent to an activating group) is 1. The summed E-state index contributed by atoms with van der Waals surface area (Å²) in [5, 5.41) is 0. The minimum Gasteiger partial charge on any atom is -0.460 e. The number of nitrogens with zero attached hydrogens (tertiary/aromatic N) is 6. The number of allylic oxidation sites excluding steroid dienone is 3. The molecule has 0 radical (unpaired) electrons. The third-order valence-electron chi connectivity index (χ3n) is 9.70. The number of hydrogen-bond acceptors (Lipinski definition) is 10. The van der Waals surface area contributed by atoms with Gasteiger partial charge in [0.1, 0.15) is 17.2 Å². The van der Waals surface area contributed by atoms with Crippen molar-refractivity contribution in [3.05, 3.63) is 120 Å². The van der Waals surface area contributed by atoms with Crippen LogP contribution in [0.3, 0.4) is 0 Å². The highest BCUT2D eigenvalue weighted by atomic mass is 16.6. The second-order valence-electron chi connectivity index (χ2n) is 18.5. The van der Waals surface area contributed by atoms with E-state index >= 15 is 0 Å². The Morgan fingerprint density at radius 2 is 1.54 bits per heavy atom. The maximum atomic E-state index is 11.8. The van der Waals surface area contributed by atoms with Gasteiger partial charge in [0, 0.05) is 51.8 Å². The smallest absolute Gasteiger partial charge is 0.303 e. The van der Waals surface area contributed by atoms with E-state index in [0.717, 1.165) is 71.9 Å². The molecule has 2 N–H and O–H groups in total. The van der Waals surface area contributed by atoms with Crippen LogP contribution in [-0.2, 0) is 37.0 Å². The van der Waals surface area contributed by atoms with Crippen molar-refractivity contribution in [2.45, 2.75) is 120 Å². The molecule has 2 aliphatic rings. The van der Waals surface area contributed by atoms with E-state index in [1.165, 1.54) is 11.8 Å². The van der Waals surface area contributed by atoms with Gasteiger partial charge >= 0.3 is 5.97 Å². The number of hydrogen-bond donors (Lipinski definition) is 1. The lowest BCUT2D eigenvalue weighted by atomic mass is 9.89. The number of aliphatic imine (C=N–C) groups is 1. The summed E-state index contributed by atoms with van der Waals surface area (Å²) in [5.41, 5.74) is 12.0. The number of amides is 2. The number of anilines is 2. The molecule has 2 aromatic rings. The summed E-state index contributed by atoms with van der Waals surface area (Å²) in [4.78, 5) is 58.5. The molecule has 0 unspecified atom stereocenters. The zero-order chi connectivity index (χ0) is 47.5. The summed E-state index contributed by atoms with van der Waals surface area (Å²) in [6.07, 6.45) is 13.0. The molecular formula is C51H75N7O5. The quantitative estimate of drug-likeness (QED) is 0.0635. The molecule has 63 heavy (non-hydrogen) atoms. The first-order valence-corrected chi connectivity index (χ1v) is 21.8. The van der Waals surface area contributed by atoms with Crippen LogP contribution in [0, 0.1) is 11.3 Å². The molecule has 0 atom stereocenters. The zero-order valence-corrected chi connectivity index (χ0v) is 40.1. The Morgan fingerprint density at radius 3 is 2.02 bits per heavy atom. The van der Waals surface area contributed by atoms with E-state index in [9.17, 15) is 19.2 Å². The summed E-state index contributed by atoms with van der Waals surface area (Å²) < 4.78 is 4.80. The number of carbonyl (C=O) groups excluding carboxylic acids is 4. The van der Waals surface area contributed by atoms with E-state index < -0.39 is 5.91 Å². The number of rotatable bonds is 19. The molecule has 0 fully saturated rings. The van der Waals surface area contributed by atoms with Crippen molar-refractivity contribution in [1.82, 2.24) is 14.7 Å². The largest absolute Gasteiger partial charge is 0.460 e. The molecule has 12 nitrogen and oxygen atoms in total. The number of para-hydroxylation sites is 2. The molecule has 0 spiro atoms. The van der Waals surface area contributed by atoms with Crippen LogP contribution in [-0.4, -0.2) is 77.9 Å². The molecule has 1 aliphatic carbocycles. The van der Waals surface area contributed by atoms with Crippen LogP contribution >= 0.6 is 0 Å². The average molecular weight is 866 g/mol. The van der Waals surface area contributed by atoms with Crippen molar-refractivity contribution in [2.24, 2.45) is 22.1 Å². The van der Waals surface area contributed by atoms with Gasteiger partial charge in [-0.1, -0.05) is 103 Å². The first kappa shape index (κ1) is 53.2. The predicted octanol–water partition coefficient (Wildman–Crippen LogP) is 9.70. The highest BCUT2D eigenvalue weighted by Crippen LogP contribution is 2.42. The van der Waals surface area contributed by atoms with Crippen molar-refractivity contribution in [3.63, 3.8) is 0 Å². The topological polar surface area (TPSA) is 132 Å². The average Bonchev–Trinajstić information content (AvgIpc) is 3.45. The third kappa shape index (κ3) is 19.4. The lowest BCUT2D eigenvalue weighted by molar-refractivity contribution is -0.152. The lowest BCUT2D eigenvalue weighted by Gasteiger charge is -2.35. The predicted molar refractivity (Wildman–Crippen MR) is 259 cm³/mol. The molecule has 0 aromatic heterocycles. The lowest BCUT2D eigenvalue weighted by Crippen LogP contribution is -2.39. The fourth-order valence-corrected chi connectivity index (χ4v) is 6.71. The maximum Gasteiger partial charge on any atom is 0.303 e. The Hall–Kier alpha value is -5.91. The minimum absolute atomic E-state index is 0.0809. The van der Waals surface area contributed by atoms with Crippen LogP contribution in [0.15, 0.2) is 114 Å². The van der Waals surface area contributed by atoms with Gasteiger partial charge in [-0.2, -0.15) is 0 Å². The second-order valence-corrected chi connectivity index (χ2v) is 18.5. The molecule has 1 aliphatic heterocycles. The normalized spacial score (nSPS) is 13.4. The van der Waals surface area contributed by atoms with Crippen molar-refractivity contribution in [3.8, 4) is 0 Å². The third-order valence-corrected chi connectivity index (χ3v) is 9.70. The van der Waals surface area contributed by atoms with Gasteiger partial charge in [0.15, 0.2) is 0 Å². The number of esters is 1. The van der Waals surface area contributed by atoms with Crippen molar-refractivity contribution >= 4 is 42.2 Å². The Bertz CT molecular complexity index is 1970. The van der Waals surface area contributed by atoms with E-state index in [0.29, 0.717) is 50.0 Å². The van der Waals surface area contributed by atoms with Gasteiger partial charge in [0.05, 0.1) is 42.5 Å². The standard InChI is InChI=1S/C37H47N7O2.C8H16O.C6H12O2/c1-28(2)19-22-41(34-12-8-7-11-33(34)39-5)26-44-30(4)43(35-13-9-10-14-36(35)44)24-32-17-15-31(16-18-32)23-42(27-45)29(3)20-21-40(6)25-37(38)46;1-5-7(9)6-8(2,3)4;1-5(7)8-6(2,3)4/h9-18,20-21,27-28H,3-5,7-8,19,22-26H2,1-2,6H3,(H2,38,46);5-6H2,1-4H3;1-4H3/b21-20-;;. The SMILES string of the molecule is C=NC1=CCCC=C1N(CCC(C)C)CN1C(=C)N(Cc2ccc(CN(C=O)C(=C)/C=C\N(C)CC(N)=O)cc2)c2ccccc21.CC(=O)OC(C)(C)C.CCC(=O)CC(C)(C)C. The number of ketones is 1. The van der Waals surface area contributed by atoms with E-state index in [2.05, 4.69) is 123 Å². The van der Waals surface area contributed by atoms with Crippen LogP contribution in [0.4, 0.5) is 11.4 Å². The summed E-state index contributed by atoms with van der Waals surface area (Å²) in [6, 6.07) is 16.7. The highest BCUT2D eigenvalue weighted by molar-refractivity contribution is 5.82. The van der Waals surface area contributed by atoms with Gasteiger partial charge in [-0.15, -0.1) is 0 Å². The van der Waals surface area contributed by atoms with Crippen LogP contribution in [0.25, 0.3) is 0 Å². The summed E-state index contributed by atoms with van der Waals surface area (Å²) in [6.45, 7) is 34.7. The summed E-state index contributed by atoms with van der Waals surface area (Å²) in [5.74, 6) is 1.20. The number of ether oxygens (including phenoxy) is 1. The van der Waals surface area contributed by atoms with Crippen molar-refractivity contribution in [2.75, 3.05) is 36.6 Å². The van der Waals surface area contributed by atoms with Crippen molar-refractivity contribution in [1.29, 1.82) is 0 Å². The number of fused-ring (bicyclic) bond motifs is 1. The molecular weight excluding hydrogens is 791 g/mol. The van der Waals surface area contributed by atoms with Crippen LogP contribution in [0.1, 0.15) is 112 Å². The number of carbonyl (C=O) groups is 4. The van der Waals surface area contributed by atoms with Crippen LogP contribution in [0.2, 0.25) is 0 Å². The monoisotopic (exact) mass is 866 g/mol. The second kappa shape index (κ2) is 25.3. The fraction of sp³-hybridized carbons (Fsp3) is 0.471. The maximum absolute atomic E-state index is 11.8. The number of benzene rings is 2. The van der Waals surface area contributed by atoms with Gasteiger partial charge in [-0.25, -0.2) is 0 Å². The van der Waals surface area contributed by atoms with E-state index in [1.807, 2.05) is 39.8 Å². The number of Topliss-reactive ketones (excluding diaryl/α,β-unsaturated/α-hetero) is 1. The molecule has 4 rings (SSSR count). The molecule has 0 bridgehead atoms. The van der Waals surface area contributed by atoms with Gasteiger partial charge < -0.3 is 35.0 Å². The fourth-order valence-electron chi connectivity index (χ4n) is 6.71. The molecule has 0 saturated heterocycles. The Kier molecular flexibility index (Phi) is 21.3. The number of primary amides is 1. The minimum atomic E-state index is -0.434.